The summed E-state index contributed by atoms with van der Waals surface area (Å²) in [5.74, 6) is -16.9. The highest BCUT2D eigenvalue weighted by Crippen LogP contribution is 2.37. The smallest absolute Gasteiger partial charge is 0.270 e. The summed E-state index contributed by atoms with van der Waals surface area (Å²) in [5, 5.41) is 0. The Morgan fingerprint density at radius 1 is 0.714 bits per heavy atom. The average molecular weight is 482 g/mol. The molecule has 0 saturated carbocycles. The summed E-state index contributed by atoms with van der Waals surface area (Å²) in [4.78, 5) is 0. The highest BCUT2D eigenvalue weighted by molar-refractivity contribution is 7.87. The number of hydrogen-bond donors (Lipinski definition) is 0. The first kappa shape index (κ1) is 27.1. The van der Waals surface area contributed by atoms with Crippen molar-refractivity contribution in [3.8, 4) is 0 Å². The zero-order chi connectivity index (χ0) is 22.8. The van der Waals surface area contributed by atoms with E-state index in [1.807, 2.05) is 0 Å². The number of halogens is 10. The lowest BCUT2D eigenvalue weighted by Gasteiger charge is -2.21. The fourth-order valence-electron chi connectivity index (χ4n) is 1.32. The van der Waals surface area contributed by atoms with Crippen LogP contribution >= 0.6 is 0 Å². The van der Waals surface area contributed by atoms with E-state index in [9.17, 15) is 60.7 Å². The van der Waals surface area contributed by atoms with Crippen molar-refractivity contribution >= 4 is 20.2 Å². The molecule has 1 unspecified atom stereocenters. The largest absolute Gasteiger partial charge is 0.454 e. The monoisotopic (exact) mass is 482 g/mol. The normalized spacial score (nSPS) is 16.2. The summed E-state index contributed by atoms with van der Waals surface area (Å²) in [6, 6.07) is 0. The van der Waals surface area contributed by atoms with Gasteiger partial charge in [0.25, 0.3) is 20.2 Å². The molecule has 0 fully saturated rings. The predicted molar refractivity (Wildman–Crippen MR) is 70.7 cm³/mol. The topological polar surface area (TPSA) is 86.7 Å². The van der Waals surface area contributed by atoms with E-state index in [-0.39, 0.29) is 0 Å². The van der Waals surface area contributed by atoms with Crippen LogP contribution in [0.25, 0.3) is 0 Å². The van der Waals surface area contributed by atoms with Crippen LogP contribution in [0, 0.1) is 0 Å². The summed E-state index contributed by atoms with van der Waals surface area (Å²) < 4.78 is 174. The lowest BCUT2D eigenvalue weighted by atomic mass is 10.3. The van der Waals surface area contributed by atoms with Gasteiger partial charge < -0.3 is 0 Å². The van der Waals surface area contributed by atoms with E-state index in [1.54, 1.807) is 0 Å². The molecule has 0 amide bonds. The molecule has 28 heavy (non-hydrogen) atoms. The van der Waals surface area contributed by atoms with Crippen molar-refractivity contribution < 1.29 is 69.1 Å². The van der Waals surface area contributed by atoms with Crippen molar-refractivity contribution in [2.75, 3.05) is 18.1 Å². The maximum absolute atomic E-state index is 12.7. The summed E-state index contributed by atoms with van der Waals surface area (Å²) in [7, 11) is -10.9. The van der Waals surface area contributed by atoms with Crippen molar-refractivity contribution in [1.29, 1.82) is 0 Å². The van der Waals surface area contributed by atoms with E-state index < -0.39 is 75.1 Å². The Bertz CT molecular complexity index is 725. The maximum atomic E-state index is 12.7. The lowest BCUT2D eigenvalue weighted by molar-refractivity contribution is -0.272. The maximum Gasteiger partial charge on any atom is 0.454 e. The van der Waals surface area contributed by atoms with E-state index >= 15 is 0 Å². The average Bonchev–Trinajstić information content (AvgIpc) is 2.31. The van der Waals surface area contributed by atoms with Gasteiger partial charge in [-0.1, -0.05) is 0 Å². The predicted octanol–water partition coefficient (Wildman–Crippen LogP) is 2.85. The highest BCUT2D eigenvalue weighted by Gasteiger charge is 2.61. The minimum atomic E-state index is -6.20. The van der Waals surface area contributed by atoms with Crippen LogP contribution in [0.5, 0.6) is 0 Å². The van der Waals surface area contributed by atoms with Gasteiger partial charge in [0.05, 0.1) is 12.7 Å². The molecule has 1 atom stereocenters. The SMILES string of the molecule is CC(CCOS(=O)(=O)CC(F)(F)C(F)(F)F)OS(=O)(=O)CC(F)(F)C(F)(F)F. The second-order valence-electron chi connectivity index (χ2n) is 5.33. The highest BCUT2D eigenvalue weighted by atomic mass is 32.2. The fraction of sp³-hybridized carbons (Fsp3) is 1.00. The van der Waals surface area contributed by atoms with Gasteiger partial charge in [-0.2, -0.15) is 60.7 Å². The molecular formula is C10H12F10O6S2. The van der Waals surface area contributed by atoms with E-state index in [4.69, 9.17) is 0 Å². The van der Waals surface area contributed by atoms with Crippen LogP contribution in [0.2, 0.25) is 0 Å². The summed E-state index contributed by atoms with van der Waals surface area (Å²) >= 11 is 0. The van der Waals surface area contributed by atoms with E-state index in [1.165, 1.54) is 0 Å². The molecule has 170 valence electrons. The first-order valence-corrected chi connectivity index (χ1v) is 9.84. The molecule has 0 aliphatic rings. The molecule has 0 rings (SSSR count). The molecular weight excluding hydrogens is 470 g/mol. The molecule has 18 heteroatoms. The molecule has 0 spiro atoms. The molecule has 0 aromatic carbocycles. The van der Waals surface area contributed by atoms with Gasteiger partial charge in [0.15, 0.2) is 0 Å². The van der Waals surface area contributed by atoms with Crippen molar-refractivity contribution in [3.05, 3.63) is 0 Å². The van der Waals surface area contributed by atoms with Crippen LogP contribution in [0.4, 0.5) is 43.9 Å². The van der Waals surface area contributed by atoms with Crippen LogP contribution in [-0.2, 0) is 28.6 Å². The molecule has 6 nitrogen and oxygen atoms in total. The summed E-state index contributed by atoms with van der Waals surface area (Å²) in [6.45, 7) is -0.466. The van der Waals surface area contributed by atoms with Crippen molar-refractivity contribution in [2.24, 2.45) is 0 Å². The van der Waals surface area contributed by atoms with Crippen LogP contribution in [-0.4, -0.2) is 65.2 Å². The molecule has 0 radical (unpaired) electrons. The Labute approximate surface area is 152 Å². The second-order valence-corrected chi connectivity index (χ2v) is 8.56. The van der Waals surface area contributed by atoms with Crippen molar-refractivity contribution in [1.82, 2.24) is 0 Å². The third-order valence-electron chi connectivity index (χ3n) is 2.64. The number of rotatable bonds is 10. The lowest BCUT2D eigenvalue weighted by Crippen LogP contribution is -2.43. The third kappa shape index (κ3) is 8.64. The Balaban J connectivity index is 4.74. The Hall–Kier alpha value is -0.880. The first-order valence-electron chi connectivity index (χ1n) is 6.68. The zero-order valence-corrected chi connectivity index (χ0v) is 15.1. The Morgan fingerprint density at radius 2 is 1.07 bits per heavy atom. The van der Waals surface area contributed by atoms with E-state index in [0.717, 1.165) is 6.92 Å². The van der Waals surface area contributed by atoms with Crippen LogP contribution in [0.15, 0.2) is 0 Å². The Morgan fingerprint density at radius 3 is 1.43 bits per heavy atom. The summed E-state index contributed by atoms with van der Waals surface area (Å²) in [6.07, 6.45) is -15.0. The van der Waals surface area contributed by atoms with Gasteiger partial charge in [-0.05, 0) is 13.3 Å². The molecule has 0 aliphatic carbocycles. The number of alkyl halides is 10. The van der Waals surface area contributed by atoms with E-state index in [2.05, 4.69) is 8.37 Å². The quantitative estimate of drug-likeness (QED) is 0.352. The molecule has 0 N–H and O–H groups in total. The van der Waals surface area contributed by atoms with Crippen LogP contribution in [0.3, 0.4) is 0 Å². The summed E-state index contributed by atoms with van der Waals surface area (Å²) in [5.41, 5.74) is 0. The zero-order valence-electron chi connectivity index (χ0n) is 13.5. The minimum absolute atomic E-state index is 0.754. The second kappa shape index (κ2) is 8.47. The Kier molecular flexibility index (Phi) is 8.20. The van der Waals surface area contributed by atoms with Gasteiger partial charge in [-0.15, -0.1) is 0 Å². The minimum Gasteiger partial charge on any atom is -0.270 e. The van der Waals surface area contributed by atoms with Gasteiger partial charge in [-0.3, -0.25) is 8.37 Å². The molecule has 0 aliphatic heterocycles. The van der Waals surface area contributed by atoms with Crippen molar-refractivity contribution in [2.45, 2.75) is 43.6 Å². The van der Waals surface area contributed by atoms with Gasteiger partial charge >= 0.3 is 24.2 Å². The van der Waals surface area contributed by atoms with Crippen LogP contribution in [0.1, 0.15) is 13.3 Å². The van der Waals surface area contributed by atoms with E-state index in [0.29, 0.717) is 0 Å². The first-order chi connectivity index (χ1) is 12.0. The fourth-order valence-corrected chi connectivity index (χ4v) is 3.64. The number of hydrogen-bond acceptors (Lipinski definition) is 6. The molecule has 0 bridgehead atoms. The van der Waals surface area contributed by atoms with Gasteiger partial charge in [0.1, 0.15) is 11.5 Å². The standard InChI is InChI=1S/C10H12F10O6S2/c1-6(26-28(23,24)5-8(13,14)10(18,19)20)2-3-25-27(21,22)4-7(11,12)9(15,16)17/h6H,2-5H2,1H3. The van der Waals surface area contributed by atoms with Crippen molar-refractivity contribution in [3.63, 3.8) is 0 Å². The van der Waals surface area contributed by atoms with Crippen LogP contribution < -0.4 is 0 Å². The molecule has 0 aromatic heterocycles. The molecule has 0 aromatic rings. The van der Waals surface area contributed by atoms with Gasteiger partial charge in [0, 0.05) is 0 Å². The molecule has 0 saturated heterocycles. The third-order valence-corrected chi connectivity index (χ3v) is 5.22. The van der Waals surface area contributed by atoms with Gasteiger partial charge in [0.2, 0.25) is 0 Å². The van der Waals surface area contributed by atoms with Gasteiger partial charge in [-0.25, -0.2) is 0 Å². The molecule has 0 heterocycles.